The van der Waals surface area contributed by atoms with E-state index in [0.29, 0.717) is 6.54 Å². The predicted octanol–water partition coefficient (Wildman–Crippen LogP) is 2.04. The maximum Gasteiger partial charge on any atom is 0.315 e. The molecule has 0 aromatic carbocycles. The van der Waals surface area contributed by atoms with Crippen molar-refractivity contribution in [3.63, 3.8) is 0 Å². The Kier molecular flexibility index (Phi) is 5.19. The second kappa shape index (κ2) is 6.42. The second-order valence-electron chi connectivity index (χ2n) is 5.18. The monoisotopic (exact) mass is 254 g/mol. The van der Waals surface area contributed by atoms with Crippen LogP contribution in [0.5, 0.6) is 0 Å². The molecule has 2 amide bonds. The molecule has 0 atom stereocenters. The van der Waals surface area contributed by atoms with Gasteiger partial charge in [0.1, 0.15) is 0 Å². The molecule has 1 rings (SSSR count). The second-order valence-corrected chi connectivity index (χ2v) is 5.18. The van der Waals surface area contributed by atoms with Crippen LogP contribution in [0.15, 0.2) is 12.2 Å². The molecule has 0 aromatic rings. The van der Waals surface area contributed by atoms with Gasteiger partial charge in [-0.3, -0.25) is 4.79 Å². The maximum atomic E-state index is 11.7. The van der Waals surface area contributed by atoms with Crippen LogP contribution >= 0.6 is 0 Å². The Labute approximate surface area is 108 Å². The number of carboxylic acids is 1. The van der Waals surface area contributed by atoms with Gasteiger partial charge in [0.25, 0.3) is 0 Å². The number of amides is 2. The zero-order valence-electron chi connectivity index (χ0n) is 10.9. The number of hydrogen-bond acceptors (Lipinski definition) is 2. The van der Waals surface area contributed by atoms with E-state index in [-0.39, 0.29) is 12.5 Å². The van der Waals surface area contributed by atoms with Gasteiger partial charge in [0, 0.05) is 6.54 Å². The van der Waals surface area contributed by atoms with E-state index in [0.717, 1.165) is 37.7 Å². The molecule has 0 radical (unpaired) electrons. The van der Waals surface area contributed by atoms with Crippen LogP contribution in [0.4, 0.5) is 4.79 Å². The lowest BCUT2D eigenvalue weighted by molar-refractivity contribution is -0.139. The van der Waals surface area contributed by atoms with E-state index in [1.165, 1.54) is 0 Å². The number of carbonyl (C=O) groups is 2. The van der Waals surface area contributed by atoms with Crippen molar-refractivity contribution in [1.82, 2.24) is 10.6 Å². The fraction of sp³-hybridized carbons (Fsp3) is 0.692. The van der Waals surface area contributed by atoms with Crippen LogP contribution in [0, 0.1) is 0 Å². The smallest absolute Gasteiger partial charge is 0.315 e. The molecular formula is C13H22N2O3. The molecule has 1 aliphatic carbocycles. The SMILES string of the molecule is C=C(C)CNC(=O)NC1(CC(=O)O)CCCCC1. The third-order valence-electron chi connectivity index (χ3n) is 3.23. The van der Waals surface area contributed by atoms with Crippen LogP contribution < -0.4 is 10.6 Å². The Morgan fingerprint density at radius 2 is 1.89 bits per heavy atom. The topological polar surface area (TPSA) is 78.4 Å². The van der Waals surface area contributed by atoms with E-state index < -0.39 is 11.5 Å². The molecule has 102 valence electrons. The van der Waals surface area contributed by atoms with Crippen molar-refractivity contribution in [2.75, 3.05) is 6.54 Å². The van der Waals surface area contributed by atoms with Gasteiger partial charge in [-0.2, -0.15) is 0 Å². The van der Waals surface area contributed by atoms with E-state index in [1.807, 2.05) is 6.92 Å². The lowest BCUT2D eigenvalue weighted by atomic mass is 9.79. The minimum absolute atomic E-state index is 0.00646. The Balaban J connectivity index is 2.57. The van der Waals surface area contributed by atoms with E-state index in [2.05, 4.69) is 17.2 Å². The molecule has 0 heterocycles. The van der Waals surface area contributed by atoms with E-state index in [9.17, 15) is 9.59 Å². The van der Waals surface area contributed by atoms with E-state index in [4.69, 9.17) is 5.11 Å². The molecule has 1 saturated carbocycles. The number of hydrogen-bond donors (Lipinski definition) is 3. The van der Waals surface area contributed by atoms with Crippen LogP contribution in [0.1, 0.15) is 45.4 Å². The molecule has 0 bridgehead atoms. The molecule has 0 unspecified atom stereocenters. The summed E-state index contributed by atoms with van der Waals surface area (Å²) in [5.74, 6) is -0.864. The number of carbonyl (C=O) groups excluding carboxylic acids is 1. The van der Waals surface area contributed by atoms with Crippen molar-refractivity contribution in [2.45, 2.75) is 51.0 Å². The van der Waals surface area contributed by atoms with Crippen molar-refractivity contribution in [3.05, 3.63) is 12.2 Å². The first-order valence-electron chi connectivity index (χ1n) is 6.36. The summed E-state index contributed by atoms with van der Waals surface area (Å²) < 4.78 is 0. The molecule has 1 fully saturated rings. The summed E-state index contributed by atoms with van der Waals surface area (Å²) in [6.07, 6.45) is 4.51. The molecule has 1 aliphatic rings. The fourth-order valence-corrected chi connectivity index (χ4v) is 2.38. The number of rotatable bonds is 5. The molecule has 5 nitrogen and oxygen atoms in total. The van der Waals surface area contributed by atoms with Crippen molar-refractivity contribution in [2.24, 2.45) is 0 Å². The van der Waals surface area contributed by atoms with Gasteiger partial charge in [-0.25, -0.2) is 4.79 Å². The number of aliphatic carboxylic acids is 1. The molecule has 0 saturated heterocycles. The third kappa shape index (κ3) is 4.77. The standard InChI is InChI=1S/C13H22N2O3/c1-10(2)9-14-12(18)15-13(8-11(16)17)6-4-3-5-7-13/h1,3-9H2,2H3,(H,16,17)(H2,14,15,18). The van der Waals surface area contributed by atoms with Crippen molar-refractivity contribution in [3.8, 4) is 0 Å². The quantitative estimate of drug-likeness (QED) is 0.657. The Bertz CT molecular complexity index is 333. The molecule has 0 aromatic heterocycles. The van der Waals surface area contributed by atoms with Crippen LogP contribution in [-0.4, -0.2) is 29.2 Å². The van der Waals surface area contributed by atoms with Crippen LogP contribution in [-0.2, 0) is 4.79 Å². The molecule has 5 heteroatoms. The van der Waals surface area contributed by atoms with Gasteiger partial charge >= 0.3 is 12.0 Å². The van der Waals surface area contributed by atoms with Crippen LogP contribution in [0.25, 0.3) is 0 Å². The summed E-state index contributed by atoms with van der Waals surface area (Å²) >= 11 is 0. The van der Waals surface area contributed by atoms with Gasteiger partial charge in [0.15, 0.2) is 0 Å². The lowest BCUT2D eigenvalue weighted by Crippen LogP contribution is -2.54. The largest absolute Gasteiger partial charge is 0.481 e. The highest BCUT2D eigenvalue weighted by Gasteiger charge is 2.35. The van der Waals surface area contributed by atoms with Crippen molar-refractivity contribution >= 4 is 12.0 Å². The van der Waals surface area contributed by atoms with Gasteiger partial charge in [-0.15, -0.1) is 0 Å². The third-order valence-corrected chi connectivity index (χ3v) is 3.23. The van der Waals surface area contributed by atoms with Crippen molar-refractivity contribution < 1.29 is 14.7 Å². The normalized spacial score (nSPS) is 17.8. The highest BCUT2D eigenvalue weighted by Crippen LogP contribution is 2.31. The van der Waals surface area contributed by atoms with E-state index in [1.54, 1.807) is 0 Å². The first-order valence-corrected chi connectivity index (χ1v) is 6.36. The Hall–Kier alpha value is -1.52. The highest BCUT2D eigenvalue weighted by atomic mass is 16.4. The van der Waals surface area contributed by atoms with Gasteiger partial charge in [0.2, 0.25) is 0 Å². The average molecular weight is 254 g/mol. The van der Waals surface area contributed by atoms with Gasteiger partial charge in [0.05, 0.1) is 12.0 Å². The summed E-state index contributed by atoms with van der Waals surface area (Å²) in [6, 6.07) is -0.304. The number of nitrogens with one attached hydrogen (secondary N) is 2. The first-order chi connectivity index (χ1) is 8.43. The number of carboxylic acid groups (broad SMARTS) is 1. The minimum Gasteiger partial charge on any atom is -0.481 e. The summed E-state index contributed by atoms with van der Waals surface area (Å²) in [6.45, 7) is 5.94. The van der Waals surface area contributed by atoms with Crippen LogP contribution in [0.2, 0.25) is 0 Å². The summed E-state index contributed by atoms with van der Waals surface area (Å²) in [4.78, 5) is 22.7. The predicted molar refractivity (Wildman–Crippen MR) is 69.4 cm³/mol. The first kappa shape index (κ1) is 14.5. The zero-order valence-corrected chi connectivity index (χ0v) is 10.9. The Morgan fingerprint density at radius 1 is 1.28 bits per heavy atom. The van der Waals surface area contributed by atoms with Crippen LogP contribution in [0.3, 0.4) is 0 Å². The molecule has 0 spiro atoms. The van der Waals surface area contributed by atoms with E-state index >= 15 is 0 Å². The fourth-order valence-electron chi connectivity index (χ4n) is 2.38. The molecule has 18 heavy (non-hydrogen) atoms. The van der Waals surface area contributed by atoms with Gasteiger partial charge < -0.3 is 15.7 Å². The Morgan fingerprint density at radius 3 is 2.39 bits per heavy atom. The lowest BCUT2D eigenvalue weighted by Gasteiger charge is -2.36. The summed E-state index contributed by atoms with van der Waals surface area (Å²) in [5, 5.41) is 14.5. The summed E-state index contributed by atoms with van der Waals surface area (Å²) in [5.41, 5.74) is 0.282. The molecule has 0 aliphatic heterocycles. The molecular weight excluding hydrogens is 232 g/mol. The maximum absolute atomic E-state index is 11.7. The summed E-state index contributed by atoms with van der Waals surface area (Å²) in [7, 11) is 0. The van der Waals surface area contributed by atoms with Gasteiger partial charge in [-0.1, -0.05) is 31.4 Å². The molecule has 3 N–H and O–H groups in total. The number of urea groups is 1. The average Bonchev–Trinajstić information content (AvgIpc) is 2.26. The zero-order chi connectivity index (χ0) is 13.6. The van der Waals surface area contributed by atoms with Gasteiger partial charge in [-0.05, 0) is 19.8 Å². The minimum atomic E-state index is -0.864. The van der Waals surface area contributed by atoms with Crippen molar-refractivity contribution in [1.29, 1.82) is 0 Å². The highest BCUT2D eigenvalue weighted by molar-refractivity contribution is 5.77.